The molecule has 0 N–H and O–H groups in total. The highest BCUT2D eigenvalue weighted by Crippen LogP contribution is 2.25. The molecule has 3 aromatic heterocycles. The number of furan rings is 1. The Kier molecular flexibility index (Phi) is 3.62. The highest BCUT2D eigenvalue weighted by atomic mass is 79.9. The SMILES string of the molecule is CSc1nc(-c2ccco2)cc(-n2nnc3cc(Br)ccc32)n1. The molecule has 0 aliphatic heterocycles. The van der Waals surface area contributed by atoms with Gasteiger partial charge in [0.05, 0.1) is 11.8 Å². The molecule has 114 valence electrons. The number of nitrogens with zero attached hydrogens (tertiary/aromatic N) is 5. The van der Waals surface area contributed by atoms with E-state index in [0.717, 1.165) is 15.5 Å². The molecule has 3 heterocycles. The minimum Gasteiger partial charge on any atom is -0.463 e. The number of hydrogen-bond acceptors (Lipinski definition) is 6. The zero-order chi connectivity index (χ0) is 15.8. The van der Waals surface area contributed by atoms with Gasteiger partial charge in [0, 0.05) is 10.5 Å². The van der Waals surface area contributed by atoms with Gasteiger partial charge in [0.15, 0.2) is 16.7 Å². The second-order valence-electron chi connectivity index (χ2n) is 4.71. The van der Waals surface area contributed by atoms with Gasteiger partial charge < -0.3 is 4.42 Å². The molecule has 6 nitrogen and oxygen atoms in total. The van der Waals surface area contributed by atoms with E-state index >= 15 is 0 Å². The number of thioether (sulfide) groups is 1. The van der Waals surface area contributed by atoms with E-state index in [1.807, 2.05) is 42.7 Å². The summed E-state index contributed by atoms with van der Waals surface area (Å²) in [6.45, 7) is 0. The number of halogens is 1. The number of fused-ring (bicyclic) bond motifs is 1. The van der Waals surface area contributed by atoms with Crippen molar-refractivity contribution in [2.24, 2.45) is 0 Å². The van der Waals surface area contributed by atoms with Crippen molar-refractivity contribution in [3.8, 4) is 17.3 Å². The van der Waals surface area contributed by atoms with Crippen LogP contribution in [-0.2, 0) is 0 Å². The van der Waals surface area contributed by atoms with Gasteiger partial charge in [-0.1, -0.05) is 32.9 Å². The fourth-order valence-corrected chi connectivity index (χ4v) is 2.95. The van der Waals surface area contributed by atoms with Crippen molar-refractivity contribution >= 4 is 38.7 Å². The van der Waals surface area contributed by atoms with Gasteiger partial charge >= 0.3 is 0 Å². The van der Waals surface area contributed by atoms with Crippen LogP contribution in [0.5, 0.6) is 0 Å². The van der Waals surface area contributed by atoms with Gasteiger partial charge in [-0.2, -0.15) is 4.68 Å². The molecule has 0 amide bonds. The maximum atomic E-state index is 5.44. The average molecular weight is 388 g/mol. The Bertz CT molecular complexity index is 983. The minimum atomic E-state index is 0.648. The lowest BCUT2D eigenvalue weighted by Crippen LogP contribution is -2.03. The van der Waals surface area contributed by atoms with Crippen LogP contribution in [0.25, 0.3) is 28.3 Å². The summed E-state index contributed by atoms with van der Waals surface area (Å²) in [5, 5.41) is 9.06. The van der Waals surface area contributed by atoms with Gasteiger partial charge in [0.1, 0.15) is 11.2 Å². The quantitative estimate of drug-likeness (QED) is 0.391. The Balaban J connectivity index is 1.92. The molecule has 0 unspecified atom stereocenters. The molecule has 8 heteroatoms. The summed E-state index contributed by atoms with van der Waals surface area (Å²) in [5.74, 6) is 1.34. The molecule has 1 aromatic carbocycles. The first-order chi connectivity index (χ1) is 11.2. The first-order valence-corrected chi connectivity index (χ1v) is 8.74. The zero-order valence-corrected chi connectivity index (χ0v) is 14.4. The predicted molar refractivity (Wildman–Crippen MR) is 91.6 cm³/mol. The highest BCUT2D eigenvalue weighted by Gasteiger charge is 2.13. The molecular weight excluding hydrogens is 378 g/mol. The number of hydrogen-bond donors (Lipinski definition) is 0. The van der Waals surface area contributed by atoms with Gasteiger partial charge in [-0.25, -0.2) is 9.97 Å². The third kappa shape index (κ3) is 2.64. The fraction of sp³-hybridized carbons (Fsp3) is 0.0667. The van der Waals surface area contributed by atoms with E-state index in [-0.39, 0.29) is 0 Å². The molecule has 4 rings (SSSR count). The Morgan fingerprint density at radius 1 is 1.17 bits per heavy atom. The Hall–Kier alpha value is -2.19. The third-order valence-corrected chi connectivity index (χ3v) is 4.31. The fourth-order valence-electron chi connectivity index (χ4n) is 2.23. The monoisotopic (exact) mass is 387 g/mol. The number of aromatic nitrogens is 5. The molecular formula is C15H10BrN5OS. The summed E-state index contributed by atoms with van der Waals surface area (Å²) in [5.41, 5.74) is 2.39. The van der Waals surface area contributed by atoms with E-state index in [2.05, 4.69) is 36.2 Å². The van der Waals surface area contributed by atoms with E-state index in [1.165, 1.54) is 11.8 Å². The minimum absolute atomic E-state index is 0.648. The molecule has 0 bridgehead atoms. The van der Waals surface area contributed by atoms with Crippen LogP contribution in [0.15, 0.2) is 56.7 Å². The Morgan fingerprint density at radius 3 is 2.87 bits per heavy atom. The second-order valence-corrected chi connectivity index (χ2v) is 6.40. The van der Waals surface area contributed by atoms with Crippen molar-refractivity contribution in [1.29, 1.82) is 0 Å². The van der Waals surface area contributed by atoms with Crippen LogP contribution < -0.4 is 0 Å². The molecule has 23 heavy (non-hydrogen) atoms. The second kappa shape index (κ2) is 5.78. The van der Waals surface area contributed by atoms with Crippen LogP contribution in [0, 0.1) is 0 Å². The summed E-state index contributed by atoms with van der Waals surface area (Å²) in [4.78, 5) is 9.02. The molecule has 0 spiro atoms. The van der Waals surface area contributed by atoms with E-state index in [1.54, 1.807) is 10.9 Å². The topological polar surface area (TPSA) is 69.6 Å². The normalized spacial score (nSPS) is 11.2. The largest absolute Gasteiger partial charge is 0.463 e. The van der Waals surface area contributed by atoms with Crippen molar-refractivity contribution in [3.05, 3.63) is 47.1 Å². The molecule has 4 aromatic rings. The zero-order valence-electron chi connectivity index (χ0n) is 12.0. The summed E-state index contributed by atoms with van der Waals surface area (Å²) < 4.78 is 8.11. The summed E-state index contributed by atoms with van der Waals surface area (Å²) >= 11 is 4.91. The summed E-state index contributed by atoms with van der Waals surface area (Å²) in [7, 11) is 0. The average Bonchev–Trinajstić information content (AvgIpc) is 3.23. The van der Waals surface area contributed by atoms with Crippen LogP contribution in [0.4, 0.5) is 0 Å². The van der Waals surface area contributed by atoms with Gasteiger partial charge in [0.25, 0.3) is 0 Å². The van der Waals surface area contributed by atoms with Crippen molar-refractivity contribution in [1.82, 2.24) is 25.0 Å². The highest BCUT2D eigenvalue weighted by molar-refractivity contribution is 9.10. The molecule has 0 aliphatic carbocycles. The van der Waals surface area contributed by atoms with Crippen molar-refractivity contribution in [2.75, 3.05) is 6.26 Å². The smallest absolute Gasteiger partial charge is 0.190 e. The van der Waals surface area contributed by atoms with Crippen LogP contribution in [-0.4, -0.2) is 31.2 Å². The van der Waals surface area contributed by atoms with Crippen molar-refractivity contribution in [2.45, 2.75) is 5.16 Å². The number of benzene rings is 1. The lowest BCUT2D eigenvalue weighted by atomic mass is 10.3. The van der Waals surface area contributed by atoms with E-state index in [4.69, 9.17) is 4.42 Å². The lowest BCUT2D eigenvalue weighted by molar-refractivity contribution is 0.578. The summed E-state index contributed by atoms with van der Waals surface area (Å²) in [6.07, 6.45) is 3.56. The van der Waals surface area contributed by atoms with E-state index in [9.17, 15) is 0 Å². The Morgan fingerprint density at radius 2 is 2.09 bits per heavy atom. The van der Waals surface area contributed by atoms with Crippen molar-refractivity contribution in [3.63, 3.8) is 0 Å². The maximum Gasteiger partial charge on any atom is 0.190 e. The lowest BCUT2D eigenvalue weighted by Gasteiger charge is -2.06. The van der Waals surface area contributed by atoms with Crippen LogP contribution in [0.3, 0.4) is 0 Å². The van der Waals surface area contributed by atoms with Gasteiger partial charge in [-0.3, -0.25) is 0 Å². The molecule has 0 radical (unpaired) electrons. The maximum absolute atomic E-state index is 5.44. The standard InChI is InChI=1S/C15H10BrN5OS/c1-23-15-17-11(13-3-2-6-22-13)8-14(18-15)21-12-5-4-9(16)7-10(12)19-20-21/h2-8H,1H3. The van der Waals surface area contributed by atoms with E-state index in [0.29, 0.717) is 22.4 Å². The first kappa shape index (κ1) is 14.4. The van der Waals surface area contributed by atoms with Crippen molar-refractivity contribution < 1.29 is 4.42 Å². The van der Waals surface area contributed by atoms with Gasteiger partial charge in [-0.05, 0) is 36.6 Å². The van der Waals surface area contributed by atoms with Crippen LogP contribution >= 0.6 is 27.7 Å². The Labute approximate surface area is 144 Å². The molecule has 0 saturated carbocycles. The summed E-state index contributed by atoms with van der Waals surface area (Å²) in [6, 6.07) is 11.4. The number of rotatable bonds is 3. The van der Waals surface area contributed by atoms with Crippen LogP contribution in [0.1, 0.15) is 0 Å². The first-order valence-electron chi connectivity index (χ1n) is 6.73. The van der Waals surface area contributed by atoms with Crippen LogP contribution in [0.2, 0.25) is 0 Å². The molecule has 0 aliphatic rings. The molecule has 0 atom stereocenters. The van der Waals surface area contributed by atoms with E-state index < -0.39 is 0 Å². The molecule has 0 saturated heterocycles. The third-order valence-electron chi connectivity index (χ3n) is 3.27. The predicted octanol–water partition coefficient (Wildman–Crippen LogP) is 3.95. The van der Waals surface area contributed by atoms with Gasteiger partial charge in [0.2, 0.25) is 0 Å². The van der Waals surface area contributed by atoms with Gasteiger partial charge in [-0.15, -0.1) is 5.10 Å². The molecule has 0 fully saturated rings.